The Morgan fingerprint density at radius 2 is 1.48 bits per heavy atom. The van der Waals surface area contributed by atoms with Crippen molar-refractivity contribution >= 4 is 23.2 Å². The number of aromatic nitrogens is 3. The van der Waals surface area contributed by atoms with E-state index in [0.717, 1.165) is 16.7 Å². The van der Waals surface area contributed by atoms with Crippen LogP contribution >= 0.6 is 23.2 Å². The second-order valence-corrected chi connectivity index (χ2v) is 5.24. The maximum Gasteiger partial charge on any atom is 0.190 e. The molecule has 21 heavy (non-hydrogen) atoms. The number of nitrogens with zero attached hydrogens (tertiary/aromatic N) is 3. The Labute approximate surface area is 130 Å². The number of nitriles is 1. The van der Waals surface area contributed by atoms with Crippen LogP contribution in [0.5, 0.6) is 0 Å². The monoisotopic (exact) mass is 314 g/mol. The van der Waals surface area contributed by atoms with Crippen molar-refractivity contribution in [3.8, 4) is 28.5 Å². The van der Waals surface area contributed by atoms with E-state index in [2.05, 4.69) is 15.4 Å². The molecule has 3 rings (SSSR count). The Kier molecular flexibility index (Phi) is 3.61. The number of H-pyrrole nitrogens is 1. The molecular formula is C15H8Cl2N4. The lowest BCUT2D eigenvalue weighted by Crippen LogP contribution is -1.84. The average Bonchev–Trinajstić information content (AvgIpc) is 2.95. The summed E-state index contributed by atoms with van der Waals surface area (Å²) < 4.78 is 0. The van der Waals surface area contributed by atoms with Crippen LogP contribution in [-0.2, 0) is 0 Å². The number of hydrogen-bond acceptors (Lipinski definition) is 3. The molecule has 0 bridgehead atoms. The molecule has 0 unspecified atom stereocenters. The first-order valence-electron chi connectivity index (χ1n) is 6.05. The van der Waals surface area contributed by atoms with Gasteiger partial charge in [-0.2, -0.15) is 15.6 Å². The van der Waals surface area contributed by atoms with Gasteiger partial charge >= 0.3 is 0 Å². The molecule has 0 atom stereocenters. The Balaban J connectivity index is 2.00. The Bertz CT molecular complexity index is 811. The number of aromatic amines is 1. The molecule has 0 saturated carbocycles. The molecule has 102 valence electrons. The van der Waals surface area contributed by atoms with Crippen LogP contribution in [0.2, 0.25) is 10.0 Å². The van der Waals surface area contributed by atoms with Gasteiger partial charge in [0.15, 0.2) is 5.69 Å². The third-order valence-corrected chi connectivity index (χ3v) is 3.44. The molecule has 0 radical (unpaired) electrons. The summed E-state index contributed by atoms with van der Waals surface area (Å²) in [5, 5.41) is 20.4. The van der Waals surface area contributed by atoms with Crippen molar-refractivity contribution in [2.24, 2.45) is 0 Å². The smallest absolute Gasteiger partial charge is 0.190 e. The van der Waals surface area contributed by atoms with Crippen LogP contribution in [0.3, 0.4) is 0 Å². The quantitative estimate of drug-likeness (QED) is 0.766. The average molecular weight is 315 g/mol. The summed E-state index contributed by atoms with van der Waals surface area (Å²) in [5.41, 5.74) is 3.53. The maximum atomic E-state index is 8.96. The topological polar surface area (TPSA) is 65.4 Å². The van der Waals surface area contributed by atoms with E-state index >= 15 is 0 Å². The van der Waals surface area contributed by atoms with Gasteiger partial charge in [-0.25, -0.2) is 0 Å². The lowest BCUT2D eigenvalue weighted by atomic mass is 10.0. The minimum absolute atomic E-state index is 0.272. The van der Waals surface area contributed by atoms with Crippen molar-refractivity contribution in [2.45, 2.75) is 0 Å². The molecular weight excluding hydrogens is 307 g/mol. The summed E-state index contributed by atoms with van der Waals surface area (Å²) in [6, 6.07) is 15.0. The van der Waals surface area contributed by atoms with Crippen molar-refractivity contribution in [3.63, 3.8) is 0 Å². The van der Waals surface area contributed by atoms with E-state index < -0.39 is 0 Å². The van der Waals surface area contributed by atoms with E-state index in [1.54, 1.807) is 6.07 Å². The Hall–Kier alpha value is -2.35. The van der Waals surface area contributed by atoms with E-state index in [1.807, 2.05) is 42.5 Å². The van der Waals surface area contributed by atoms with Gasteiger partial charge in [-0.05, 0) is 29.3 Å². The summed E-state index contributed by atoms with van der Waals surface area (Å²) >= 11 is 12.0. The number of halogens is 2. The van der Waals surface area contributed by atoms with Gasteiger partial charge < -0.3 is 0 Å². The van der Waals surface area contributed by atoms with Crippen molar-refractivity contribution in [1.82, 2.24) is 15.4 Å². The standard InChI is InChI=1S/C15H8Cl2N4/c16-12-5-11(6-13(17)7-12)9-1-3-10(4-2-9)15-14(8-18)19-21-20-15/h1-7H,(H,19,20,21). The minimum Gasteiger partial charge on any atom is -0.196 e. The molecule has 0 fully saturated rings. The zero-order valence-corrected chi connectivity index (χ0v) is 12.2. The van der Waals surface area contributed by atoms with Gasteiger partial charge in [-0.15, -0.1) is 5.10 Å². The van der Waals surface area contributed by atoms with Gasteiger partial charge in [-0.3, -0.25) is 0 Å². The zero-order valence-electron chi connectivity index (χ0n) is 10.6. The van der Waals surface area contributed by atoms with Crippen molar-refractivity contribution in [1.29, 1.82) is 5.26 Å². The molecule has 1 aromatic heterocycles. The predicted molar refractivity (Wildman–Crippen MR) is 82.0 cm³/mol. The first kappa shape index (κ1) is 13.6. The maximum absolute atomic E-state index is 8.96. The fourth-order valence-electron chi connectivity index (χ4n) is 2.05. The molecule has 1 N–H and O–H groups in total. The summed E-state index contributed by atoms with van der Waals surface area (Å²) in [5.74, 6) is 0. The normalized spacial score (nSPS) is 10.3. The van der Waals surface area contributed by atoms with Crippen molar-refractivity contribution in [3.05, 3.63) is 58.2 Å². The van der Waals surface area contributed by atoms with E-state index in [4.69, 9.17) is 28.5 Å². The van der Waals surface area contributed by atoms with Gasteiger partial charge in [0.05, 0.1) is 0 Å². The van der Waals surface area contributed by atoms with Crippen LogP contribution in [-0.4, -0.2) is 15.4 Å². The van der Waals surface area contributed by atoms with E-state index in [1.165, 1.54) is 0 Å². The lowest BCUT2D eigenvalue weighted by Gasteiger charge is -2.05. The predicted octanol–water partition coefficient (Wildman–Crippen LogP) is 4.32. The molecule has 3 aromatic rings. The fourth-order valence-corrected chi connectivity index (χ4v) is 2.58. The third kappa shape index (κ3) is 2.75. The summed E-state index contributed by atoms with van der Waals surface area (Å²) in [6.45, 7) is 0. The number of benzene rings is 2. The molecule has 0 aliphatic carbocycles. The van der Waals surface area contributed by atoms with E-state index in [9.17, 15) is 0 Å². The molecule has 4 nitrogen and oxygen atoms in total. The highest BCUT2D eigenvalue weighted by molar-refractivity contribution is 6.35. The van der Waals surface area contributed by atoms with Crippen molar-refractivity contribution < 1.29 is 0 Å². The molecule has 0 spiro atoms. The molecule has 0 aliphatic heterocycles. The van der Waals surface area contributed by atoms with Crippen LogP contribution < -0.4 is 0 Å². The van der Waals surface area contributed by atoms with Crippen molar-refractivity contribution in [2.75, 3.05) is 0 Å². The highest BCUT2D eigenvalue weighted by Crippen LogP contribution is 2.29. The minimum atomic E-state index is 0.272. The van der Waals surface area contributed by atoms with Crippen LogP contribution in [0.25, 0.3) is 22.4 Å². The molecule has 0 aliphatic rings. The van der Waals surface area contributed by atoms with Gasteiger partial charge in [0, 0.05) is 15.6 Å². The highest BCUT2D eigenvalue weighted by atomic mass is 35.5. The Morgan fingerprint density at radius 3 is 2.10 bits per heavy atom. The summed E-state index contributed by atoms with van der Waals surface area (Å²) in [7, 11) is 0. The second-order valence-electron chi connectivity index (χ2n) is 4.37. The number of rotatable bonds is 2. The molecule has 2 aromatic carbocycles. The van der Waals surface area contributed by atoms with Gasteiger partial charge in [0.25, 0.3) is 0 Å². The first-order chi connectivity index (χ1) is 10.2. The fraction of sp³-hybridized carbons (Fsp3) is 0. The van der Waals surface area contributed by atoms with Crippen LogP contribution in [0.4, 0.5) is 0 Å². The third-order valence-electron chi connectivity index (χ3n) is 3.01. The molecule has 0 saturated heterocycles. The molecule has 0 amide bonds. The summed E-state index contributed by atoms with van der Waals surface area (Å²) in [6.07, 6.45) is 0. The van der Waals surface area contributed by atoms with Crippen LogP contribution in [0, 0.1) is 11.3 Å². The summed E-state index contributed by atoms with van der Waals surface area (Å²) in [4.78, 5) is 0. The van der Waals surface area contributed by atoms with E-state index in [-0.39, 0.29) is 5.69 Å². The SMILES string of the molecule is N#Cc1n[nH]nc1-c1ccc(-c2cc(Cl)cc(Cl)c2)cc1. The number of hydrogen-bond donors (Lipinski definition) is 1. The van der Waals surface area contributed by atoms with Crippen LogP contribution in [0.1, 0.15) is 5.69 Å². The van der Waals surface area contributed by atoms with Crippen LogP contribution in [0.15, 0.2) is 42.5 Å². The largest absolute Gasteiger partial charge is 0.196 e. The molecule has 6 heteroatoms. The number of nitrogens with one attached hydrogen (secondary N) is 1. The first-order valence-corrected chi connectivity index (χ1v) is 6.81. The van der Waals surface area contributed by atoms with E-state index in [0.29, 0.717) is 15.7 Å². The second kappa shape index (κ2) is 5.57. The van der Waals surface area contributed by atoms with Gasteiger partial charge in [0.2, 0.25) is 0 Å². The Morgan fingerprint density at radius 1 is 0.857 bits per heavy atom. The van der Waals surface area contributed by atoms with Gasteiger partial charge in [-0.1, -0.05) is 47.5 Å². The van der Waals surface area contributed by atoms with Gasteiger partial charge in [0.1, 0.15) is 11.8 Å². The highest BCUT2D eigenvalue weighted by Gasteiger charge is 2.10. The lowest BCUT2D eigenvalue weighted by molar-refractivity contribution is 0.937. The zero-order chi connectivity index (χ0) is 14.8. The molecule has 1 heterocycles.